The van der Waals surface area contributed by atoms with Crippen molar-refractivity contribution in [1.29, 1.82) is 0 Å². The topological polar surface area (TPSA) is 102 Å². The van der Waals surface area contributed by atoms with Crippen molar-refractivity contribution in [3.05, 3.63) is 30.9 Å². The second kappa shape index (κ2) is 7.13. The number of amides is 1. The fraction of sp³-hybridized carbons (Fsp3) is 0.308. The van der Waals surface area contributed by atoms with Gasteiger partial charge in [-0.1, -0.05) is 0 Å². The number of nitrogens with one attached hydrogen (secondary N) is 2. The number of carbonyl (C=O) groups excluding carboxylic acids is 1. The summed E-state index contributed by atoms with van der Waals surface area (Å²) in [6.45, 7) is 3.76. The molecule has 0 aliphatic carbocycles. The lowest BCUT2D eigenvalue weighted by atomic mass is 10.3. The normalized spacial score (nSPS) is 11.5. The molecule has 21 heavy (non-hydrogen) atoms. The third-order valence-corrected chi connectivity index (χ3v) is 2.38. The average molecular weight is 288 g/mol. The van der Waals surface area contributed by atoms with Gasteiger partial charge in [-0.25, -0.2) is 9.97 Å². The van der Waals surface area contributed by atoms with E-state index in [4.69, 9.17) is 4.74 Å². The fourth-order valence-corrected chi connectivity index (χ4v) is 1.50. The summed E-state index contributed by atoms with van der Waals surface area (Å²) in [6.07, 6.45) is 4.66. The molecule has 0 aliphatic heterocycles. The molecule has 0 fully saturated rings. The standard InChI is InChI=1S/C13H16N6O2/c1-9(7-21-11-3-5-14-6-4-11)17-12-15-8-16-13(19-12)18-10(2)20/h3-6,8-9H,7H2,1-2H3,(H2,15,16,17,18,19,20). The zero-order chi connectivity index (χ0) is 15.1. The molecule has 2 aromatic heterocycles. The van der Waals surface area contributed by atoms with Crippen molar-refractivity contribution in [2.24, 2.45) is 0 Å². The molecule has 2 heterocycles. The van der Waals surface area contributed by atoms with Crippen LogP contribution >= 0.6 is 0 Å². The molecule has 8 heteroatoms. The first kappa shape index (κ1) is 14.6. The Balaban J connectivity index is 1.87. The maximum atomic E-state index is 10.9. The number of hydrogen-bond acceptors (Lipinski definition) is 7. The van der Waals surface area contributed by atoms with Gasteiger partial charge in [0, 0.05) is 19.3 Å². The molecule has 0 bridgehead atoms. The number of nitrogens with zero attached hydrogens (tertiary/aromatic N) is 4. The lowest BCUT2D eigenvalue weighted by molar-refractivity contribution is -0.114. The first-order valence-corrected chi connectivity index (χ1v) is 6.39. The first-order valence-electron chi connectivity index (χ1n) is 6.39. The number of hydrogen-bond donors (Lipinski definition) is 2. The summed E-state index contributed by atoms with van der Waals surface area (Å²) < 4.78 is 5.59. The van der Waals surface area contributed by atoms with E-state index in [-0.39, 0.29) is 17.9 Å². The van der Waals surface area contributed by atoms with Crippen LogP contribution in [0.3, 0.4) is 0 Å². The number of rotatable bonds is 6. The van der Waals surface area contributed by atoms with Crippen LogP contribution in [-0.2, 0) is 4.79 Å². The summed E-state index contributed by atoms with van der Waals surface area (Å²) in [7, 11) is 0. The number of carbonyl (C=O) groups is 1. The van der Waals surface area contributed by atoms with E-state index < -0.39 is 0 Å². The smallest absolute Gasteiger partial charge is 0.234 e. The van der Waals surface area contributed by atoms with Crippen LogP contribution in [0, 0.1) is 0 Å². The summed E-state index contributed by atoms with van der Waals surface area (Å²) in [6, 6.07) is 3.54. The van der Waals surface area contributed by atoms with Crippen LogP contribution < -0.4 is 15.4 Å². The van der Waals surface area contributed by atoms with Crippen LogP contribution in [0.15, 0.2) is 30.9 Å². The summed E-state index contributed by atoms with van der Waals surface area (Å²) in [5.74, 6) is 1.09. The molecule has 2 rings (SSSR count). The molecule has 2 aromatic rings. The molecule has 2 N–H and O–H groups in total. The molecule has 1 atom stereocenters. The van der Waals surface area contributed by atoms with Gasteiger partial charge in [-0.05, 0) is 19.1 Å². The highest BCUT2D eigenvalue weighted by Crippen LogP contribution is 2.08. The van der Waals surface area contributed by atoms with E-state index in [2.05, 4.69) is 30.6 Å². The maximum absolute atomic E-state index is 10.9. The van der Waals surface area contributed by atoms with Gasteiger partial charge in [0.1, 0.15) is 18.7 Å². The average Bonchev–Trinajstić information content (AvgIpc) is 2.46. The first-order chi connectivity index (χ1) is 10.1. The van der Waals surface area contributed by atoms with E-state index in [1.54, 1.807) is 24.5 Å². The Bertz CT molecular complexity index is 592. The van der Waals surface area contributed by atoms with Crippen LogP contribution in [0.4, 0.5) is 11.9 Å². The highest BCUT2D eigenvalue weighted by atomic mass is 16.5. The molecule has 0 saturated carbocycles. The Morgan fingerprint density at radius 1 is 1.29 bits per heavy atom. The lowest BCUT2D eigenvalue weighted by Crippen LogP contribution is -2.25. The molecule has 0 aromatic carbocycles. The van der Waals surface area contributed by atoms with Gasteiger partial charge in [-0.2, -0.15) is 4.98 Å². The summed E-state index contributed by atoms with van der Waals surface area (Å²) in [5.41, 5.74) is 0. The Labute approximate surface area is 122 Å². The molecule has 0 radical (unpaired) electrons. The van der Waals surface area contributed by atoms with Gasteiger partial charge in [0.05, 0.1) is 6.04 Å². The monoisotopic (exact) mass is 288 g/mol. The fourth-order valence-electron chi connectivity index (χ4n) is 1.50. The predicted molar refractivity (Wildman–Crippen MR) is 76.9 cm³/mol. The summed E-state index contributed by atoms with van der Waals surface area (Å²) in [5, 5.41) is 5.57. The van der Waals surface area contributed by atoms with Crippen molar-refractivity contribution in [3.8, 4) is 5.75 Å². The Kier molecular flexibility index (Phi) is 4.97. The van der Waals surface area contributed by atoms with Crippen LogP contribution in [0.2, 0.25) is 0 Å². The van der Waals surface area contributed by atoms with E-state index in [0.29, 0.717) is 12.6 Å². The van der Waals surface area contributed by atoms with Gasteiger partial charge >= 0.3 is 0 Å². The van der Waals surface area contributed by atoms with Crippen molar-refractivity contribution in [1.82, 2.24) is 19.9 Å². The van der Waals surface area contributed by atoms with Crippen molar-refractivity contribution in [2.75, 3.05) is 17.2 Å². The third kappa shape index (κ3) is 5.01. The molecule has 0 spiro atoms. The van der Waals surface area contributed by atoms with Gasteiger partial charge in [-0.15, -0.1) is 0 Å². The highest BCUT2D eigenvalue weighted by molar-refractivity contribution is 5.86. The van der Waals surface area contributed by atoms with E-state index >= 15 is 0 Å². The molecule has 0 aliphatic rings. The van der Waals surface area contributed by atoms with Gasteiger partial charge < -0.3 is 10.1 Å². The second-order valence-electron chi connectivity index (χ2n) is 4.35. The number of anilines is 2. The molecule has 0 saturated heterocycles. The zero-order valence-electron chi connectivity index (χ0n) is 11.8. The number of ether oxygens (including phenoxy) is 1. The van der Waals surface area contributed by atoms with Crippen LogP contribution in [0.1, 0.15) is 13.8 Å². The minimum Gasteiger partial charge on any atom is -0.491 e. The molecule has 1 amide bonds. The van der Waals surface area contributed by atoms with E-state index in [0.717, 1.165) is 5.75 Å². The highest BCUT2D eigenvalue weighted by Gasteiger charge is 2.07. The Hall–Kier alpha value is -2.77. The van der Waals surface area contributed by atoms with Crippen LogP contribution in [-0.4, -0.2) is 38.5 Å². The van der Waals surface area contributed by atoms with Gasteiger partial charge in [0.25, 0.3) is 0 Å². The third-order valence-electron chi connectivity index (χ3n) is 2.38. The van der Waals surface area contributed by atoms with Gasteiger partial charge in [0.15, 0.2) is 0 Å². The minimum atomic E-state index is -0.235. The zero-order valence-corrected chi connectivity index (χ0v) is 11.8. The lowest BCUT2D eigenvalue weighted by Gasteiger charge is -2.14. The molecule has 110 valence electrons. The van der Waals surface area contributed by atoms with Crippen molar-refractivity contribution in [2.45, 2.75) is 19.9 Å². The van der Waals surface area contributed by atoms with E-state index in [1.807, 2.05) is 6.92 Å². The maximum Gasteiger partial charge on any atom is 0.234 e. The molecular formula is C13H16N6O2. The SMILES string of the molecule is CC(=O)Nc1ncnc(NC(C)COc2ccncc2)n1. The number of pyridine rings is 1. The molecule has 1 unspecified atom stereocenters. The van der Waals surface area contributed by atoms with E-state index in [1.165, 1.54) is 13.3 Å². The number of aromatic nitrogens is 4. The largest absolute Gasteiger partial charge is 0.491 e. The Morgan fingerprint density at radius 2 is 2.00 bits per heavy atom. The molecular weight excluding hydrogens is 272 g/mol. The van der Waals surface area contributed by atoms with Crippen molar-refractivity contribution in [3.63, 3.8) is 0 Å². The quantitative estimate of drug-likeness (QED) is 0.820. The van der Waals surface area contributed by atoms with Crippen molar-refractivity contribution >= 4 is 17.8 Å². The van der Waals surface area contributed by atoms with Crippen LogP contribution in [0.5, 0.6) is 5.75 Å². The predicted octanol–water partition coefficient (Wildman–Crippen LogP) is 1.10. The second-order valence-corrected chi connectivity index (χ2v) is 4.35. The minimum absolute atomic E-state index is 0.0225. The van der Waals surface area contributed by atoms with Crippen molar-refractivity contribution < 1.29 is 9.53 Å². The Morgan fingerprint density at radius 3 is 2.71 bits per heavy atom. The van der Waals surface area contributed by atoms with Gasteiger partial charge in [0.2, 0.25) is 17.8 Å². The summed E-state index contributed by atoms with van der Waals surface area (Å²) >= 11 is 0. The van der Waals surface area contributed by atoms with E-state index in [9.17, 15) is 4.79 Å². The van der Waals surface area contributed by atoms with Crippen LogP contribution in [0.25, 0.3) is 0 Å². The van der Waals surface area contributed by atoms with Gasteiger partial charge in [-0.3, -0.25) is 15.1 Å². The summed E-state index contributed by atoms with van der Waals surface area (Å²) in [4.78, 5) is 26.8. The molecule has 8 nitrogen and oxygen atoms in total.